The molecule has 0 spiro atoms. The topological polar surface area (TPSA) is 50.9 Å². The predicted octanol–water partition coefficient (Wildman–Crippen LogP) is 11.8. The van der Waals surface area contributed by atoms with Gasteiger partial charge < -0.3 is 14.5 Å². The van der Waals surface area contributed by atoms with Gasteiger partial charge in [-0.15, -0.1) is 0 Å². The third kappa shape index (κ3) is 5.45. The van der Waals surface area contributed by atoms with Crippen molar-refractivity contribution in [2.24, 2.45) is 0 Å². The first-order chi connectivity index (χ1) is 28.2. The number of aromatic nitrogens is 4. The van der Waals surface area contributed by atoms with Crippen molar-refractivity contribution in [3.8, 4) is 28.2 Å². The van der Waals surface area contributed by atoms with Crippen LogP contribution in [0.5, 0.6) is 0 Å². The first-order valence-electron chi connectivity index (χ1n) is 19.4. The fraction of sp³-hybridized carbons (Fsp3) is 0.0588. The van der Waals surface area contributed by atoms with Crippen LogP contribution >= 0.6 is 0 Å². The van der Waals surface area contributed by atoms with E-state index < -0.39 is 0 Å². The van der Waals surface area contributed by atoms with Crippen LogP contribution in [0.1, 0.15) is 23.5 Å². The van der Waals surface area contributed by atoms with Gasteiger partial charge in [0.1, 0.15) is 0 Å². The van der Waals surface area contributed by atoms with E-state index in [2.05, 4.69) is 196 Å². The van der Waals surface area contributed by atoms with Crippen molar-refractivity contribution in [3.63, 3.8) is 0 Å². The zero-order valence-electron chi connectivity index (χ0n) is 31.4. The number of para-hydroxylation sites is 1. The van der Waals surface area contributed by atoms with E-state index in [9.17, 15) is 0 Å². The number of benzene rings is 6. The second kappa shape index (κ2) is 13.5. The van der Waals surface area contributed by atoms with Gasteiger partial charge in [0.05, 0.1) is 39.5 Å². The van der Waals surface area contributed by atoms with Gasteiger partial charge in [0, 0.05) is 56.4 Å². The van der Waals surface area contributed by atoms with E-state index in [1.165, 1.54) is 27.1 Å². The van der Waals surface area contributed by atoms with E-state index >= 15 is 0 Å². The highest BCUT2D eigenvalue weighted by atomic mass is 15.4. The molecule has 0 saturated heterocycles. The second-order valence-electron chi connectivity index (χ2n) is 14.8. The summed E-state index contributed by atoms with van der Waals surface area (Å²) in [7, 11) is 2.24. The third-order valence-corrected chi connectivity index (χ3v) is 11.5. The first-order valence-corrected chi connectivity index (χ1v) is 19.4. The van der Waals surface area contributed by atoms with Gasteiger partial charge in [-0.05, 0) is 84.9 Å². The highest BCUT2D eigenvalue weighted by Crippen LogP contribution is 2.45. The summed E-state index contributed by atoms with van der Waals surface area (Å²) >= 11 is 0. The summed E-state index contributed by atoms with van der Waals surface area (Å²) in [5.41, 5.74) is 13.3. The number of pyridine rings is 2. The lowest BCUT2D eigenvalue weighted by Crippen LogP contribution is -2.44. The van der Waals surface area contributed by atoms with Gasteiger partial charge in [-0.1, -0.05) is 115 Å². The van der Waals surface area contributed by atoms with Crippen molar-refractivity contribution in [1.29, 1.82) is 0 Å². The third-order valence-electron chi connectivity index (χ3n) is 11.5. The molecule has 11 rings (SSSR count). The molecule has 6 aromatic carbocycles. The highest BCUT2D eigenvalue weighted by Gasteiger charge is 2.33. The maximum absolute atomic E-state index is 4.75. The zero-order valence-corrected chi connectivity index (χ0v) is 31.4. The van der Waals surface area contributed by atoms with Gasteiger partial charge in [-0.25, -0.2) is 0 Å². The number of hydrogen-bond donors (Lipinski definition) is 1. The van der Waals surface area contributed by atoms with Crippen LogP contribution in [0.2, 0.25) is 0 Å². The quantitative estimate of drug-likeness (QED) is 0.185. The van der Waals surface area contributed by atoms with Crippen LogP contribution in [-0.2, 0) is 0 Å². The summed E-state index contributed by atoms with van der Waals surface area (Å²) in [4.78, 5) is 11.9. The van der Waals surface area contributed by atoms with Crippen molar-refractivity contribution >= 4 is 49.3 Å². The molecule has 1 N–H and O–H groups in total. The number of nitrogens with zero attached hydrogens (tertiary/aromatic N) is 5. The van der Waals surface area contributed by atoms with Gasteiger partial charge in [0.15, 0.2) is 6.29 Å². The van der Waals surface area contributed by atoms with Gasteiger partial charge in [-0.2, -0.15) is 0 Å². The summed E-state index contributed by atoms with van der Waals surface area (Å²) in [6.07, 6.45) is 5.84. The molecule has 0 bridgehead atoms. The molecule has 2 unspecified atom stereocenters. The summed E-state index contributed by atoms with van der Waals surface area (Å²) in [6.45, 7) is 0. The van der Waals surface area contributed by atoms with Crippen LogP contribution in [0.25, 0.3) is 77.5 Å². The molecule has 0 amide bonds. The molecule has 6 heteroatoms. The van der Waals surface area contributed by atoms with Crippen LogP contribution in [0.3, 0.4) is 0 Å². The standard InChI is InChI=1S/C51H38N6/c1-55-48(35-17-7-3-8-18-35)33-45(34-15-5-2-6-16-34)54-51(55)57-47-28-24-37(44-22-12-14-30-53-44)32-42(47)40-26-25-39-41-31-36(43-21-11-13-29-52-43)23-27-46(41)56(49(39)50(40)57)38-19-9-4-10-20-38/h2-33,48,51,54H,1H3. The van der Waals surface area contributed by atoms with Gasteiger partial charge >= 0.3 is 0 Å². The molecule has 0 radical (unpaired) electrons. The smallest absolute Gasteiger partial charge is 0.162 e. The minimum absolute atomic E-state index is 0.00747. The molecule has 0 saturated carbocycles. The van der Waals surface area contributed by atoms with E-state index in [0.717, 1.165) is 61.5 Å². The van der Waals surface area contributed by atoms with Gasteiger partial charge in [-0.3, -0.25) is 14.9 Å². The largest absolute Gasteiger partial charge is 0.352 e. The van der Waals surface area contributed by atoms with Crippen LogP contribution in [-0.4, -0.2) is 31.0 Å². The molecule has 0 aliphatic carbocycles. The molecule has 2 atom stereocenters. The summed E-state index contributed by atoms with van der Waals surface area (Å²) in [6, 6.07) is 62.7. The fourth-order valence-electron chi connectivity index (χ4n) is 8.86. The molecule has 1 aliphatic rings. The van der Waals surface area contributed by atoms with Crippen LogP contribution < -0.4 is 5.32 Å². The van der Waals surface area contributed by atoms with E-state index in [4.69, 9.17) is 9.97 Å². The average molecular weight is 735 g/mol. The lowest BCUT2D eigenvalue weighted by molar-refractivity contribution is 0.124. The van der Waals surface area contributed by atoms with Crippen molar-refractivity contribution in [2.45, 2.75) is 12.3 Å². The van der Waals surface area contributed by atoms with E-state index in [1.807, 2.05) is 24.5 Å². The Morgan fingerprint density at radius 1 is 0.491 bits per heavy atom. The Morgan fingerprint density at radius 2 is 1.05 bits per heavy atom. The Balaban J connectivity index is 1.26. The Kier molecular flexibility index (Phi) is 7.83. The molecule has 10 aromatic rings. The molecule has 4 aromatic heterocycles. The number of rotatable bonds is 6. The van der Waals surface area contributed by atoms with Crippen LogP contribution in [0.4, 0.5) is 0 Å². The lowest BCUT2D eigenvalue weighted by atomic mass is 10.00. The maximum Gasteiger partial charge on any atom is 0.162 e. The molecular weight excluding hydrogens is 697 g/mol. The van der Waals surface area contributed by atoms with Crippen LogP contribution in [0, 0.1) is 0 Å². The molecule has 1 aliphatic heterocycles. The second-order valence-corrected chi connectivity index (χ2v) is 14.8. The lowest BCUT2D eigenvalue weighted by Gasteiger charge is -2.41. The number of fused-ring (bicyclic) bond motifs is 7. The minimum atomic E-state index is -0.256. The molecular formula is C51H38N6. The minimum Gasteiger partial charge on any atom is -0.352 e. The zero-order chi connectivity index (χ0) is 37.9. The Bertz CT molecular complexity index is 3100. The van der Waals surface area contributed by atoms with Crippen molar-refractivity contribution < 1.29 is 0 Å². The summed E-state index contributed by atoms with van der Waals surface area (Å²) in [5, 5.41) is 8.79. The Morgan fingerprint density at radius 3 is 1.68 bits per heavy atom. The monoisotopic (exact) mass is 734 g/mol. The SMILES string of the molecule is CN1C(c2ccccc2)C=C(c2ccccc2)NC1n1c2ccc(-c3ccccn3)cc2c2ccc3c4cc(-c5ccccn5)ccc4n(-c4ccccc4)c3c21. The summed E-state index contributed by atoms with van der Waals surface area (Å²) < 4.78 is 4.99. The molecule has 57 heavy (non-hydrogen) atoms. The Labute approximate surface area is 330 Å². The number of likely N-dealkylation sites (N-methyl/N-ethyl adjacent to an activating group) is 1. The van der Waals surface area contributed by atoms with Gasteiger partial charge in [0.25, 0.3) is 0 Å². The fourth-order valence-corrected chi connectivity index (χ4v) is 8.86. The average Bonchev–Trinajstić information content (AvgIpc) is 3.80. The predicted molar refractivity (Wildman–Crippen MR) is 234 cm³/mol. The molecule has 272 valence electrons. The Hall–Kier alpha value is -7.28. The molecule has 0 fully saturated rings. The number of nitrogens with one attached hydrogen (secondary N) is 1. The van der Waals surface area contributed by atoms with Crippen molar-refractivity contribution in [3.05, 3.63) is 206 Å². The molecule has 5 heterocycles. The van der Waals surface area contributed by atoms with E-state index in [1.54, 1.807) is 0 Å². The number of hydrogen-bond acceptors (Lipinski definition) is 4. The normalized spacial score (nSPS) is 16.0. The van der Waals surface area contributed by atoms with Gasteiger partial charge in [0.2, 0.25) is 0 Å². The van der Waals surface area contributed by atoms with E-state index in [0.29, 0.717) is 0 Å². The maximum atomic E-state index is 4.75. The van der Waals surface area contributed by atoms with Crippen LogP contribution in [0.15, 0.2) is 194 Å². The first kappa shape index (κ1) is 33.1. The highest BCUT2D eigenvalue weighted by molar-refractivity contribution is 6.24. The summed E-state index contributed by atoms with van der Waals surface area (Å²) in [5.74, 6) is 0. The van der Waals surface area contributed by atoms with E-state index in [-0.39, 0.29) is 12.3 Å². The van der Waals surface area contributed by atoms with Crippen molar-refractivity contribution in [1.82, 2.24) is 29.3 Å². The molecule has 6 nitrogen and oxygen atoms in total. The van der Waals surface area contributed by atoms with Crippen molar-refractivity contribution in [2.75, 3.05) is 7.05 Å².